The summed E-state index contributed by atoms with van der Waals surface area (Å²) >= 11 is 0. The number of aryl methyl sites for hydroxylation is 2. The number of benzene rings is 1. The molecule has 0 unspecified atom stereocenters. The zero-order valence-electron chi connectivity index (χ0n) is 14.0. The molecule has 0 saturated heterocycles. The van der Waals surface area contributed by atoms with Gasteiger partial charge >= 0.3 is 0 Å². The molecule has 0 bridgehead atoms. The zero-order valence-corrected chi connectivity index (χ0v) is 14.0. The van der Waals surface area contributed by atoms with Crippen molar-refractivity contribution in [2.24, 2.45) is 0 Å². The van der Waals surface area contributed by atoms with E-state index < -0.39 is 0 Å². The number of rotatable bonds is 2. The third-order valence-corrected chi connectivity index (χ3v) is 4.54. The van der Waals surface area contributed by atoms with Gasteiger partial charge in [-0.05, 0) is 49.9 Å². The number of hydrogen-bond acceptors (Lipinski definition) is 4. The first-order valence-corrected chi connectivity index (χ1v) is 8.19. The van der Waals surface area contributed by atoms with Gasteiger partial charge in [0.05, 0.1) is 17.5 Å². The molecule has 0 saturated carbocycles. The van der Waals surface area contributed by atoms with Gasteiger partial charge in [-0.15, -0.1) is 0 Å². The third kappa shape index (κ3) is 2.84. The first-order valence-electron chi connectivity index (χ1n) is 8.19. The summed E-state index contributed by atoms with van der Waals surface area (Å²) in [5, 5.41) is 4.35. The number of nitrogens with zero attached hydrogens (tertiary/aromatic N) is 4. The Kier molecular flexibility index (Phi) is 3.67. The van der Waals surface area contributed by atoms with Crippen LogP contribution in [-0.4, -0.2) is 25.5 Å². The SMILES string of the molecule is Cc1cc(C)nc(-n2ncc3c2C[C@H](c2ccc(F)cc2)CC3=O)n1. The lowest BCUT2D eigenvalue weighted by atomic mass is 9.82. The maximum absolute atomic E-state index is 13.2. The molecule has 126 valence electrons. The molecule has 0 spiro atoms. The Labute approximate surface area is 144 Å². The van der Waals surface area contributed by atoms with Gasteiger partial charge in [0, 0.05) is 17.8 Å². The molecule has 4 rings (SSSR count). The maximum atomic E-state index is 13.2. The van der Waals surface area contributed by atoms with Crippen molar-refractivity contribution in [3.63, 3.8) is 0 Å². The summed E-state index contributed by atoms with van der Waals surface area (Å²) in [4.78, 5) is 21.4. The molecule has 0 N–H and O–H groups in total. The summed E-state index contributed by atoms with van der Waals surface area (Å²) in [6.07, 6.45) is 2.64. The smallest absolute Gasteiger partial charge is 0.251 e. The van der Waals surface area contributed by atoms with Gasteiger partial charge in [-0.2, -0.15) is 5.10 Å². The van der Waals surface area contributed by atoms with Crippen molar-refractivity contribution in [2.75, 3.05) is 0 Å². The Morgan fingerprint density at radius 3 is 2.44 bits per heavy atom. The molecule has 25 heavy (non-hydrogen) atoms. The van der Waals surface area contributed by atoms with Gasteiger partial charge in [0.15, 0.2) is 5.78 Å². The van der Waals surface area contributed by atoms with Crippen LogP contribution >= 0.6 is 0 Å². The monoisotopic (exact) mass is 336 g/mol. The number of fused-ring (bicyclic) bond motifs is 1. The summed E-state index contributed by atoms with van der Waals surface area (Å²) in [6.45, 7) is 3.81. The zero-order chi connectivity index (χ0) is 17.6. The van der Waals surface area contributed by atoms with Crippen LogP contribution in [-0.2, 0) is 6.42 Å². The number of Topliss-reactive ketones (excluding diaryl/α,β-unsaturated/α-hetero) is 1. The van der Waals surface area contributed by atoms with Crippen LogP contribution < -0.4 is 0 Å². The Bertz CT molecular complexity index is 942. The van der Waals surface area contributed by atoms with Crippen molar-refractivity contribution in [2.45, 2.75) is 32.6 Å². The summed E-state index contributed by atoms with van der Waals surface area (Å²) in [5.41, 5.74) is 4.10. The highest BCUT2D eigenvalue weighted by atomic mass is 19.1. The Balaban J connectivity index is 1.76. The molecule has 3 aromatic rings. The molecule has 1 aromatic carbocycles. The molecule has 1 atom stereocenters. The van der Waals surface area contributed by atoms with Crippen LogP contribution in [0.4, 0.5) is 4.39 Å². The van der Waals surface area contributed by atoms with E-state index in [1.54, 1.807) is 23.0 Å². The molecule has 0 amide bonds. The van der Waals surface area contributed by atoms with E-state index in [1.807, 2.05) is 19.9 Å². The Morgan fingerprint density at radius 2 is 1.76 bits per heavy atom. The van der Waals surface area contributed by atoms with Gasteiger partial charge in [0.25, 0.3) is 5.95 Å². The summed E-state index contributed by atoms with van der Waals surface area (Å²) in [5.74, 6) is 0.250. The minimum Gasteiger partial charge on any atom is -0.294 e. The highest BCUT2D eigenvalue weighted by Crippen LogP contribution is 2.33. The second-order valence-electron chi connectivity index (χ2n) is 6.45. The molecule has 1 aliphatic rings. The lowest BCUT2D eigenvalue weighted by Gasteiger charge is -2.22. The average molecular weight is 336 g/mol. The standard InChI is InChI=1S/C19H17FN4O/c1-11-7-12(2)23-19(22-11)24-17-8-14(9-18(25)16(17)10-21-24)13-3-5-15(20)6-4-13/h3-7,10,14H,8-9H2,1-2H3/t14-/m0/s1. The summed E-state index contributed by atoms with van der Waals surface area (Å²) in [7, 11) is 0. The highest BCUT2D eigenvalue weighted by Gasteiger charge is 2.30. The number of hydrogen-bond donors (Lipinski definition) is 0. The predicted molar refractivity (Wildman–Crippen MR) is 90.4 cm³/mol. The van der Waals surface area contributed by atoms with Gasteiger partial charge in [-0.3, -0.25) is 4.79 Å². The average Bonchev–Trinajstić information content (AvgIpc) is 2.99. The molecular formula is C19H17FN4O. The van der Waals surface area contributed by atoms with Gasteiger partial charge in [-0.25, -0.2) is 19.0 Å². The summed E-state index contributed by atoms with van der Waals surface area (Å²) in [6, 6.07) is 8.24. The second kappa shape index (κ2) is 5.88. The minimum absolute atomic E-state index is 0.00181. The van der Waals surface area contributed by atoms with Gasteiger partial charge in [0.2, 0.25) is 0 Å². The van der Waals surface area contributed by atoms with Gasteiger partial charge in [0.1, 0.15) is 5.82 Å². The van der Waals surface area contributed by atoms with Crippen molar-refractivity contribution in [3.8, 4) is 5.95 Å². The van der Waals surface area contributed by atoms with E-state index in [1.165, 1.54) is 12.1 Å². The lowest BCUT2D eigenvalue weighted by molar-refractivity contribution is 0.0963. The Hall–Kier alpha value is -2.89. The third-order valence-electron chi connectivity index (χ3n) is 4.54. The molecular weight excluding hydrogens is 319 g/mol. The highest BCUT2D eigenvalue weighted by molar-refractivity contribution is 5.98. The molecule has 0 radical (unpaired) electrons. The largest absolute Gasteiger partial charge is 0.294 e. The van der Waals surface area contributed by atoms with Crippen LogP contribution in [0.15, 0.2) is 36.5 Å². The van der Waals surface area contributed by atoms with E-state index in [-0.39, 0.29) is 17.5 Å². The van der Waals surface area contributed by atoms with E-state index in [4.69, 9.17) is 0 Å². The van der Waals surface area contributed by atoms with E-state index in [0.717, 1.165) is 22.6 Å². The van der Waals surface area contributed by atoms with Crippen LogP contribution in [0.25, 0.3) is 5.95 Å². The first-order chi connectivity index (χ1) is 12.0. The molecule has 2 aromatic heterocycles. The van der Waals surface area contributed by atoms with E-state index in [0.29, 0.717) is 24.4 Å². The number of ketones is 1. The number of halogens is 1. The van der Waals surface area contributed by atoms with Crippen molar-refractivity contribution in [3.05, 3.63) is 70.6 Å². The molecule has 6 heteroatoms. The van der Waals surface area contributed by atoms with Crippen LogP contribution in [0.5, 0.6) is 0 Å². The molecule has 5 nitrogen and oxygen atoms in total. The molecule has 1 aliphatic carbocycles. The summed E-state index contributed by atoms with van der Waals surface area (Å²) < 4.78 is 14.8. The normalized spacial score (nSPS) is 16.8. The topological polar surface area (TPSA) is 60.7 Å². The second-order valence-corrected chi connectivity index (χ2v) is 6.45. The predicted octanol–water partition coefficient (Wildman–Crippen LogP) is 3.33. The van der Waals surface area contributed by atoms with E-state index >= 15 is 0 Å². The van der Waals surface area contributed by atoms with Gasteiger partial charge in [-0.1, -0.05) is 12.1 Å². The fourth-order valence-electron chi connectivity index (χ4n) is 3.39. The van der Waals surface area contributed by atoms with Crippen LogP contribution in [0.1, 0.15) is 45.3 Å². The quantitative estimate of drug-likeness (QED) is 0.720. The minimum atomic E-state index is -0.278. The molecule has 2 heterocycles. The van der Waals surface area contributed by atoms with Crippen LogP contribution in [0, 0.1) is 19.7 Å². The van der Waals surface area contributed by atoms with Gasteiger partial charge < -0.3 is 0 Å². The van der Waals surface area contributed by atoms with Crippen molar-refractivity contribution < 1.29 is 9.18 Å². The van der Waals surface area contributed by atoms with E-state index in [9.17, 15) is 9.18 Å². The Morgan fingerprint density at radius 1 is 1.08 bits per heavy atom. The fourth-order valence-corrected chi connectivity index (χ4v) is 3.39. The number of carbonyl (C=O) groups excluding carboxylic acids is 1. The van der Waals surface area contributed by atoms with Crippen molar-refractivity contribution in [1.82, 2.24) is 19.7 Å². The van der Waals surface area contributed by atoms with Crippen molar-refractivity contribution >= 4 is 5.78 Å². The molecule has 0 fully saturated rings. The van der Waals surface area contributed by atoms with Crippen molar-refractivity contribution in [1.29, 1.82) is 0 Å². The number of carbonyl (C=O) groups is 1. The molecule has 0 aliphatic heterocycles. The lowest BCUT2D eigenvalue weighted by Crippen LogP contribution is -2.21. The van der Waals surface area contributed by atoms with E-state index in [2.05, 4.69) is 15.1 Å². The maximum Gasteiger partial charge on any atom is 0.251 e. The number of aromatic nitrogens is 4. The fraction of sp³-hybridized carbons (Fsp3) is 0.263. The van der Waals surface area contributed by atoms with Crippen LogP contribution in [0.2, 0.25) is 0 Å². The van der Waals surface area contributed by atoms with Crippen LogP contribution in [0.3, 0.4) is 0 Å². The first kappa shape index (κ1) is 15.6.